The van der Waals surface area contributed by atoms with Crippen LogP contribution in [0.3, 0.4) is 0 Å². The second-order valence-corrected chi connectivity index (χ2v) is 2.74. The Bertz CT molecular complexity index is 226. The predicted octanol–water partition coefficient (Wildman–Crippen LogP) is 2.49. The van der Waals surface area contributed by atoms with E-state index in [0.717, 1.165) is 4.47 Å². The lowest BCUT2D eigenvalue weighted by Crippen LogP contribution is -1.93. The summed E-state index contributed by atoms with van der Waals surface area (Å²) in [6.07, 6.45) is 0. The molecule has 66 valence electrons. The Morgan fingerprint density at radius 1 is 1.42 bits per heavy atom. The van der Waals surface area contributed by atoms with Gasteiger partial charge >= 0.3 is 5.97 Å². The Kier molecular flexibility index (Phi) is 6.28. The maximum Gasteiger partial charge on any atom is 0.335 e. The van der Waals surface area contributed by atoms with Crippen molar-refractivity contribution in [3.05, 3.63) is 34.8 Å². The van der Waals surface area contributed by atoms with Crippen LogP contribution in [0.25, 0.3) is 0 Å². The molecule has 0 saturated carbocycles. The number of aliphatic carboxylic acids is 1. The molecule has 0 saturated heterocycles. The van der Waals surface area contributed by atoms with Gasteiger partial charge in [0.05, 0.1) is 0 Å². The molecule has 0 aliphatic heterocycles. The molecule has 1 aromatic rings. The van der Waals surface area contributed by atoms with Crippen molar-refractivity contribution in [3.63, 3.8) is 0 Å². The molecule has 12 heavy (non-hydrogen) atoms. The van der Waals surface area contributed by atoms with Crippen LogP contribution in [0.15, 0.2) is 34.8 Å². The first-order valence-electron chi connectivity index (χ1n) is 3.15. The van der Waals surface area contributed by atoms with Crippen LogP contribution in [-0.2, 0) is 4.79 Å². The highest BCUT2D eigenvalue weighted by Crippen LogP contribution is 2.05. The molecule has 0 fully saturated rings. The predicted molar refractivity (Wildman–Crippen MR) is 47.8 cm³/mol. The fourth-order valence-electron chi connectivity index (χ4n) is 0.415. The molecule has 1 aromatic carbocycles. The number of hydrogen-bond acceptors (Lipinski definition) is 1. The summed E-state index contributed by atoms with van der Waals surface area (Å²) >= 11 is 3.31. The first-order chi connectivity index (χ1) is 5.66. The minimum Gasteiger partial charge on any atom is -0.479 e. The number of rotatable bonds is 1. The Labute approximate surface area is 78.2 Å². The molecule has 0 unspecified atom stereocenters. The number of benzene rings is 1. The third-order valence-electron chi connectivity index (χ3n) is 0.847. The van der Waals surface area contributed by atoms with Crippen molar-refractivity contribution in [1.29, 1.82) is 0 Å². The summed E-state index contributed by atoms with van der Waals surface area (Å²) in [6, 6.07) is 9.97. The number of alkyl halides is 1. The Morgan fingerprint density at radius 2 is 1.83 bits per heavy atom. The molecular weight excluding hydrogens is 227 g/mol. The molecular formula is C8H8BrFO2. The molecule has 0 bridgehead atoms. The summed E-state index contributed by atoms with van der Waals surface area (Å²) in [6.45, 7) is -1.28. The third kappa shape index (κ3) is 7.21. The smallest absolute Gasteiger partial charge is 0.335 e. The normalized spacial score (nSPS) is 8.17. The van der Waals surface area contributed by atoms with E-state index in [-0.39, 0.29) is 0 Å². The van der Waals surface area contributed by atoms with Gasteiger partial charge in [0.1, 0.15) is 0 Å². The zero-order chi connectivity index (χ0) is 9.40. The second kappa shape index (κ2) is 6.79. The lowest BCUT2D eigenvalue weighted by atomic mass is 10.4. The maximum absolute atomic E-state index is 10.5. The molecule has 0 aromatic heterocycles. The molecule has 4 heteroatoms. The Morgan fingerprint density at radius 3 is 2.00 bits per heavy atom. The van der Waals surface area contributed by atoms with Crippen molar-refractivity contribution in [2.75, 3.05) is 6.67 Å². The summed E-state index contributed by atoms with van der Waals surface area (Å²) < 4.78 is 11.7. The van der Waals surface area contributed by atoms with E-state index in [4.69, 9.17) is 9.90 Å². The van der Waals surface area contributed by atoms with Gasteiger partial charge in [0, 0.05) is 4.47 Å². The monoisotopic (exact) mass is 234 g/mol. The molecule has 0 atom stereocenters. The maximum atomic E-state index is 10.5. The molecule has 0 heterocycles. The van der Waals surface area contributed by atoms with Crippen molar-refractivity contribution in [2.24, 2.45) is 0 Å². The molecule has 1 rings (SSSR count). The zero-order valence-corrected chi connectivity index (χ0v) is 7.79. The van der Waals surface area contributed by atoms with Gasteiger partial charge in [-0.25, -0.2) is 9.18 Å². The van der Waals surface area contributed by atoms with E-state index in [1.54, 1.807) is 0 Å². The van der Waals surface area contributed by atoms with E-state index in [2.05, 4.69) is 15.9 Å². The average Bonchev–Trinajstić information content (AvgIpc) is 2.07. The van der Waals surface area contributed by atoms with E-state index in [9.17, 15) is 4.39 Å². The number of carboxylic acid groups (broad SMARTS) is 1. The van der Waals surface area contributed by atoms with E-state index in [1.165, 1.54) is 0 Å². The Balaban J connectivity index is 0.000000217. The van der Waals surface area contributed by atoms with Gasteiger partial charge in [-0.3, -0.25) is 0 Å². The number of hydrogen-bond donors (Lipinski definition) is 1. The van der Waals surface area contributed by atoms with Crippen LogP contribution in [0.1, 0.15) is 0 Å². The lowest BCUT2D eigenvalue weighted by Gasteiger charge is -1.80. The van der Waals surface area contributed by atoms with E-state index < -0.39 is 12.6 Å². The van der Waals surface area contributed by atoms with Crippen LogP contribution in [0, 0.1) is 0 Å². The zero-order valence-electron chi connectivity index (χ0n) is 6.21. The SMILES string of the molecule is Brc1ccccc1.O=C(O)CF. The standard InChI is InChI=1S/C6H5Br.C2H3FO2/c7-6-4-2-1-3-5-6;3-1-2(4)5/h1-5H;1H2,(H,4,5). The van der Waals surface area contributed by atoms with Crippen molar-refractivity contribution >= 4 is 21.9 Å². The van der Waals surface area contributed by atoms with Crippen LogP contribution < -0.4 is 0 Å². The molecule has 0 amide bonds. The third-order valence-corrected chi connectivity index (χ3v) is 1.38. The summed E-state index contributed by atoms with van der Waals surface area (Å²) in [5.74, 6) is -1.41. The quantitative estimate of drug-likeness (QED) is 0.811. The highest BCUT2D eigenvalue weighted by atomic mass is 79.9. The van der Waals surface area contributed by atoms with Crippen LogP contribution in [0.5, 0.6) is 0 Å². The fourth-order valence-corrected chi connectivity index (χ4v) is 0.720. The highest BCUT2D eigenvalue weighted by Gasteiger charge is 1.85. The molecule has 0 aliphatic carbocycles. The van der Waals surface area contributed by atoms with E-state index in [1.807, 2.05) is 30.3 Å². The van der Waals surface area contributed by atoms with E-state index in [0.29, 0.717) is 0 Å². The first-order valence-corrected chi connectivity index (χ1v) is 3.94. The van der Waals surface area contributed by atoms with Crippen molar-refractivity contribution in [3.8, 4) is 0 Å². The van der Waals surface area contributed by atoms with Crippen molar-refractivity contribution < 1.29 is 14.3 Å². The lowest BCUT2D eigenvalue weighted by molar-refractivity contribution is -0.137. The number of carbonyl (C=O) groups is 1. The average molecular weight is 235 g/mol. The molecule has 0 radical (unpaired) electrons. The van der Waals surface area contributed by atoms with Crippen molar-refractivity contribution in [2.45, 2.75) is 0 Å². The largest absolute Gasteiger partial charge is 0.479 e. The first kappa shape index (κ1) is 11.1. The van der Waals surface area contributed by atoms with Gasteiger partial charge in [-0.05, 0) is 12.1 Å². The van der Waals surface area contributed by atoms with Crippen LogP contribution >= 0.6 is 15.9 Å². The van der Waals surface area contributed by atoms with Gasteiger partial charge in [-0.15, -0.1) is 0 Å². The Hall–Kier alpha value is -0.900. The fraction of sp³-hybridized carbons (Fsp3) is 0.125. The van der Waals surface area contributed by atoms with Crippen molar-refractivity contribution in [1.82, 2.24) is 0 Å². The van der Waals surface area contributed by atoms with Gasteiger partial charge in [0.25, 0.3) is 0 Å². The molecule has 0 aliphatic rings. The number of halogens is 2. The molecule has 2 nitrogen and oxygen atoms in total. The van der Waals surface area contributed by atoms with E-state index >= 15 is 0 Å². The summed E-state index contributed by atoms with van der Waals surface area (Å²) in [4.78, 5) is 8.99. The van der Waals surface area contributed by atoms with Gasteiger partial charge in [-0.2, -0.15) is 0 Å². The minimum absolute atomic E-state index is 1.13. The number of carboxylic acids is 1. The summed E-state index contributed by atoms with van der Waals surface area (Å²) in [7, 11) is 0. The van der Waals surface area contributed by atoms with Gasteiger partial charge in [-0.1, -0.05) is 34.1 Å². The summed E-state index contributed by atoms with van der Waals surface area (Å²) in [5.41, 5.74) is 0. The van der Waals surface area contributed by atoms with Crippen LogP contribution in [-0.4, -0.2) is 17.8 Å². The topological polar surface area (TPSA) is 37.3 Å². The molecule has 1 N–H and O–H groups in total. The van der Waals surface area contributed by atoms with Gasteiger partial charge in [0.15, 0.2) is 6.67 Å². The van der Waals surface area contributed by atoms with Gasteiger partial charge < -0.3 is 5.11 Å². The molecule has 0 spiro atoms. The highest BCUT2D eigenvalue weighted by molar-refractivity contribution is 9.10. The summed E-state index contributed by atoms with van der Waals surface area (Å²) in [5, 5.41) is 7.35. The van der Waals surface area contributed by atoms with Gasteiger partial charge in [0.2, 0.25) is 0 Å². The van der Waals surface area contributed by atoms with Crippen LogP contribution in [0.4, 0.5) is 4.39 Å². The second-order valence-electron chi connectivity index (χ2n) is 1.82. The minimum atomic E-state index is -1.41. The van der Waals surface area contributed by atoms with Crippen LogP contribution in [0.2, 0.25) is 0 Å².